The molecular weight excluding hydrogens is 330 g/mol. The molecule has 0 aromatic heterocycles. The molecule has 3 N–H and O–H groups in total. The average Bonchev–Trinajstić information content (AvgIpc) is 2.86. The van der Waals surface area contributed by atoms with Gasteiger partial charge in [0.05, 0.1) is 23.4 Å². The highest BCUT2D eigenvalue weighted by atomic mass is 35.5. The standard InChI is InChI=1S/C17H24ClN3O3/c1-24-15-11-14(19)13(18)10-12(15)17(23)20-7-6-16(22)21-8-4-2-3-5-9-21/h10-11H,2-9,19H2,1H3,(H,20,23). The minimum absolute atomic E-state index is 0.0829. The number of carbonyl (C=O) groups is 2. The fourth-order valence-electron chi connectivity index (χ4n) is 2.77. The predicted octanol–water partition coefficient (Wildman–Crippen LogP) is 2.45. The second kappa shape index (κ2) is 8.78. The van der Waals surface area contributed by atoms with Gasteiger partial charge in [0.1, 0.15) is 5.75 Å². The number of anilines is 1. The van der Waals surface area contributed by atoms with Gasteiger partial charge in [0, 0.05) is 32.1 Å². The Morgan fingerprint density at radius 1 is 1.25 bits per heavy atom. The van der Waals surface area contributed by atoms with Crippen molar-refractivity contribution in [3.8, 4) is 5.75 Å². The third-order valence-electron chi connectivity index (χ3n) is 4.15. The zero-order valence-electron chi connectivity index (χ0n) is 13.9. The number of hydrogen-bond acceptors (Lipinski definition) is 4. The van der Waals surface area contributed by atoms with Crippen LogP contribution in [0.1, 0.15) is 42.5 Å². The monoisotopic (exact) mass is 353 g/mol. The van der Waals surface area contributed by atoms with Gasteiger partial charge in [-0.3, -0.25) is 9.59 Å². The van der Waals surface area contributed by atoms with E-state index in [4.69, 9.17) is 22.1 Å². The largest absolute Gasteiger partial charge is 0.496 e. The molecule has 1 fully saturated rings. The first-order valence-corrected chi connectivity index (χ1v) is 8.59. The molecule has 6 nitrogen and oxygen atoms in total. The highest BCUT2D eigenvalue weighted by Gasteiger charge is 2.17. The summed E-state index contributed by atoms with van der Waals surface area (Å²) >= 11 is 5.97. The summed E-state index contributed by atoms with van der Waals surface area (Å²) in [6.07, 6.45) is 4.76. The normalized spacial score (nSPS) is 14.8. The van der Waals surface area contributed by atoms with E-state index in [-0.39, 0.29) is 24.8 Å². The summed E-state index contributed by atoms with van der Waals surface area (Å²) in [6.45, 7) is 1.90. The van der Waals surface area contributed by atoms with Crippen LogP contribution in [0.25, 0.3) is 0 Å². The van der Waals surface area contributed by atoms with E-state index in [2.05, 4.69) is 5.32 Å². The molecule has 2 rings (SSSR count). The van der Waals surface area contributed by atoms with Crippen molar-refractivity contribution in [2.75, 3.05) is 32.5 Å². The molecule has 2 amide bonds. The predicted molar refractivity (Wildman–Crippen MR) is 94.4 cm³/mol. The van der Waals surface area contributed by atoms with E-state index in [1.54, 1.807) is 0 Å². The van der Waals surface area contributed by atoms with E-state index in [1.165, 1.54) is 32.1 Å². The number of nitrogens with zero attached hydrogens (tertiary/aromatic N) is 1. The highest BCUT2D eigenvalue weighted by molar-refractivity contribution is 6.33. The molecular formula is C17H24ClN3O3. The van der Waals surface area contributed by atoms with E-state index >= 15 is 0 Å². The summed E-state index contributed by atoms with van der Waals surface area (Å²) in [5.41, 5.74) is 6.36. The van der Waals surface area contributed by atoms with Crippen LogP contribution in [0.15, 0.2) is 12.1 Å². The molecule has 0 radical (unpaired) electrons. The molecule has 132 valence electrons. The molecule has 1 heterocycles. The number of ether oxygens (including phenoxy) is 1. The summed E-state index contributed by atoms with van der Waals surface area (Å²) in [5.74, 6) is 0.102. The fourth-order valence-corrected chi connectivity index (χ4v) is 2.94. The zero-order chi connectivity index (χ0) is 17.5. The first kappa shape index (κ1) is 18.4. The maximum absolute atomic E-state index is 12.3. The molecule has 1 aliphatic rings. The fraction of sp³-hybridized carbons (Fsp3) is 0.529. The molecule has 0 unspecified atom stereocenters. The Kier molecular flexibility index (Phi) is 6.73. The summed E-state index contributed by atoms with van der Waals surface area (Å²) in [7, 11) is 1.46. The van der Waals surface area contributed by atoms with Crippen molar-refractivity contribution in [3.05, 3.63) is 22.7 Å². The summed E-state index contributed by atoms with van der Waals surface area (Å²) < 4.78 is 5.16. The van der Waals surface area contributed by atoms with Crippen LogP contribution >= 0.6 is 11.6 Å². The van der Waals surface area contributed by atoms with Gasteiger partial charge in [0.2, 0.25) is 5.91 Å². The van der Waals surface area contributed by atoms with E-state index in [0.717, 1.165) is 25.9 Å². The number of hydrogen-bond donors (Lipinski definition) is 2. The van der Waals surface area contributed by atoms with Gasteiger partial charge in [-0.2, -0.15) is 0 Å². The van der Waals surface area contributed by atoms with Crippen molar-refractivity contribution in [1.29, 1.82) is 0 Å². The number of nitrogen functional groups attached to an aromatic ring is 1. The van der Waals surface area contributed by atoms with Crippen LogP contribution in [0.2, 0.25) is 5.02 Å². The Bertz CT molecular complexity index is 599. The van der Waals surface area contributed by atoms with Crippen LogP contribution in [-0.4, -0.2) is 43.5 Å². The smallest absolute Gasteiger partial charge is 0.255 e. The lowest BCUT2D eigenvalue weighted by Gasteiger charge is -2.20. The SMILES string of the molecule is COc1cc(N)c(Cl)cc1C(=O)NCCC(=O)N1CCCCCC1. The van der Waals surface area contributed by atoms with Gasteiger partial charge in [0.15, 0.2) is 0 Å². The molecule has 1 aliphatic heterocycles. The Hall–Kier alpha value is -1.95. The molecule has 7 heteroatoms. The van der Waals surface area contributed by atoms with Crippen molar-refractivity contribution < 1.29 is 14.3 Å². The molecule has 0 aliphatic carbocycles. The first-order chi connectivity index (χ1) is 11.5. The van der Waals surface area contributed by atoms with Gasteiger partial charge in [0.25, 0.3) is 5.91 Å². The van der Waals surface area contributed by atoms with Crippen LogP contribution in [0.5, 0.6) is 5.75 Å². The summed E-state index contributed by atoms with van der Waals surface area (Å²) in [6, 6.07) is 2.99. The van der Waals surface area contributed by atoms with E-state index in [0.29, 0.717) is 22.0 Å². The summed E-state index contributed by atoms with van der Waals surface area (Å²) in [4.78, 5) is 26.4. The number of halogens is 1. The van der Waals surface area contributed by atoms with Crippen LogP contribution in [0.4, 0.5) is 5.69 Å². The van der Waals surface area contributed by atoms with Crippen molar-refractivity contribution in [2.24, 2.45) is 0 Å². The van der Waals surface area contributed by atoms with Gasteiger partial charge >= 0.3 is 0 Å². The lowest BCUT2D eigenvalue weighted by Crippen LogP contribution is -2.35. The van der Waals surface area contributed by atoms with Gasteiger partial charge in [-0.1, -0.05) is 24.4 Å². The quantitative estimate of drug-likeness (QED) is 0.796. The molecule has 24 heavy (non-hydrogen) atoms. The lowest BCUT2D eigenvalue weighted by atomic mass is 10.1. The number of likely N-dealkylation sites (tertiary alicyclic amines) is 1. The number of benzene rings is 1. The molecule has 0 spiro atoms. The second-order valence-corrected chi connectivity index (χ2v) is 6.28. The maximum atomic E-state index is 12.3. The minimum atomic E-state index is -0.336. The summed E-state index contributed by atoms with van der Waals surface area (Å²) in [5, 5.41) is 3.03. The van der Waals surface area contributed by atoms with E-state index < -0.39 is 0 Å². The third-order valence-corrected chi connectivity index (χ3v) is 4.47. The highest BCUT2D eigenvalue weighted by Crippen LogP contribution is 2.28. The minimum Gasteiger partial charge on any atom is -0.496 e. The van der Waals surface area contributed by atoms with Crippen molar-refractivity contribution in [1.82, 2.24) is 10.2 Å². The van der Waals surface area contributed by atoms with Crippen LogP contribution in [0.3, 0.4) is 0 Å². The number of nitrogens with one attached hydrogen (secondary N) is 1. The van der Waals surface area contributed by atoms with Gasteiger partial charge in [-0.25, -0.2) is 0 Å². The van der Waals surface area contributed by atoms with Crippen molar-refractivity contribution >= 4 is 29.1 Å². The Balaban J connectivity index is 1.89. The van der Waals surface area contributed by atoms with Crippen LogP contribution < -0.4 is 15.8 Å². The topological polar surface area (TPSA) is 84.7 Å². The van der Waals surface area contributed by atoms with Crippen molar-refractivity contribution in [2.45, 2.75) is 32.1 Å². The number of carbonyl (C=O) groups excluding carboxylic acids is 2. The number of nitrogens with two attached hydrogens (primary N) is 1. The van der Waals surface area contributed by atoms with Gasteiger partial charge in [-0.15, -0.1) is 0 Å². The lowest BCUT2D eigenvalue weighted by molar-refractivity contribution is -0.131. The molecule has 0 bridgehead atoms. The van der Waals surface area contributed by atoms with E-state index in [9.17, 15) is 9.59 Å². The van der Waals surface area contributed by atoms with Crippen molar-refractivity contribution in [3.63, 3.8) is 0 Å². The number of rotatable bonds is 5. The zero-order valence-corrected chi connectivity index (χ0v) is 14.7. The molecule has 1 saturated heterocycles. The van der Waals surface area contributed by atoms with Gasteiger partial charge in [-0.05, 0) is 18.9 Å². The molecule has 0 atom stereocenters. The number of amides is 2. The van der Waals surface area contributed by atoms with Gasteiger partial charge < -0.3 is 20.7 Å². The second-order valence-electron chi connectivity index (χ2n) is 5.87. The molecule has 0 saturated carbocycles. The molecule has 1 aromatic rings. The van der Waals surface area contributed by atoms with E-state index in [1.807, 2.05) is 4.90 Å². The Morgan fingerprint density at radius 3 is 2.54 bits per heavy atom. The number of methoxy groups -OCH3 is 1. The average molecular weight is 354 g/mol. The van der Waals surface area contributed by atoms with Crippen LogP contribution in [0, 0.1) is 0 Å². The Morgan fingerprint density at radius 2 is 1.92 bits per heavy atom. The molecule has 1 aromatic carbocycles. The first-order valence-electron chi connectivity index (χ1n) is 8.22. The van der Waals surface area contributed by atoms with Crippen LogP contribution in [-0.2, 0) is 4.79 Å². The third kappa shape index (κ3) is 4.77. The Labute approximate surface area is 147 Å². The maximum Gasteiger partial charge on any atom is 0.255 e.